The lowest BCUT2D eigenvalue weighted by molar-refractivity contribution is 0.919. The second kappa shape index (κ2) is 5.19. The Labute approximate surface area is 119 Å². The summed E-state index contributed by atoms with van der Waals surface area (Å²) in [5, 5.41) is 8.78. The zero-order chi connectivity index (χ0) is 13.2. The molecule has 0 fully saturated rings. The molecule has 3 rings (SSSR count). The van der Waals surface area contributed by atoms with E-state index in [2.05, 4.69) is 27.3 Å². The minimum Gasteiger partial charge on any atom is -0.266 e. The lowest BCUT2D eigenvalue weighted by Gasteiger charge is -2.03. The van der Waals surface area contributed by atoms with Gasteiger partial charge in [-0.25, -0.2) is 4.98 Å². The number of fused-ring (bicyclic) bond motifs is 1. The molecule has 1 aromatic carbocycles. The lowest BCUT2D eigenvalue weighted by atomic mass is 10.4. The Morgan fingerprint density at radius 2 is 2.00 bits per heavy atom. The van der Waals surface area contributed by atoms with Crippen molar-refractivity contribution in [1.29, 1.82) is 0 Å². The van der Waals surface area contributed by atoms with Crippen molar-refractivity contribution in [3.63, 3.8) is 0 Å². The summed E-state index contributed by atoms with van der Waals surface area (Å²) < 4.78 is 1.93. The zero-order valence-electron chi connectivity index (χ0n) is 10.2. The van der Waals surface area contributed by atoms with Crippen LogP contribution >= 0.6 is 23.4 Å². The van der Waals surface area contributed by atoms with Gasteiger partial charge >= 0.3 is 0 Å². The van der Waals surface area contributed by atoms with Crippen LogP contribution in [0.1, 0.15) is 11.6 Å². The number of halogens is 1. The van der Waals surface area contributed by atoms with E-state index in [-0.39, 0.29) is 0 Å². The quantitative estimate of drug-likeness (QED) is 0.548. The molecule has 96 valence electrons. The standard InChI is InChI=1S/C13H11ClN4S/c1-9-15-11(14)7-12-16-17-13(18(9)12)8-19-10-5-3-2-4-6-10/h2-7H,8H2,1H3. The molecule has 0 saturated heterocycles. The highest BCUT2D eigenvalue weighted by Crippen LogP contribution is 2.22. The molecule has 4 nitrogen and oxygen atoms in total. The molecular weight excluding hydrogens is 280 g/mol. The van der Waals surface area contributed by atoms with Gasteiger partial charge < -0.3 is 0 Å². The van der Waals surface area contributed by atoms with Crippen molar-refractivity contribution in [3.8, 4) is 0 Å². The van der Waals surface area contributed by atoms with E-state index in [0.717, 1.165) is 23.0 Å². The summed E-state index contributed by atoms with van der Waals surface area (Å²) in [5.74, 6) is 2.43. The molecule has 0 bridgehead atoms. The Bertz CT molecular complexity index is 711. The van der Waals surface area contributed by atoms with Crippen molar-refractivity contribution in [2.45, 2.75) is 17.6 Å². The van der Waals surface area contributed by atoms with Crippen molar-refractivity contribution in [1.82, 2.24) is 19.6 Å². The number of hydrogen-bond acceptors (Lipinski definition) is 4. The fourth-order valence-electron chi connectivity index (χ4n) is 1.88. The Kier molecular flexibility index (Phi) is 3.40. The monoisotopic (exact) mass is 290 g/mol. The number of rotatable bonds is 3. The van der Waals surface area contributed by atoms with E-state index in [9.17, 15) is 0 Å². The fraction of sp³-hybridized carbons (Fsp3) is 0.154. The van der Waals surface area contributed by atoms with Crippen LogP contribution < -0.4 is 0 Å². The second-order valence-corrected chi connectivity index (χ2v) is 5.47. The zero-order valence-corrected chi connectivity index (χ0v) is 11.8. The number of hydrogen-bond donors (Lipinski definition) is 0. The largest absolute Gasteiger partial charge is 0.266 e. The van der Waals surface area contributed by atoms with E-state index in [1.165, 1.54) is 4.90 Å². The number of nitrogens with zero attached hydrogens (tertiary/aromatic N) is 4. The van der Waals surface area contributed by atoms with Crippen LogP contribution in [0.25, 0.3) is 5.65 Å². The van der Waals surface area contributed by atoms with Gasteiger partial charge in [0.1, 0.15) is 16.8 Å². The topological polar surface area (TPSA) is 43.1 Å². The third-order valence-corrected chi connectivity index (χ3v) is 3.91. The van der Waals surface area contributed by atoms with E-state index < -0.39 is 0 Å². The summed E-state index contributed by atoms with van der Waals surface area (Å²) in [6.45, 7) is 1.90. The highest BCUT2D eigenvalue weighted by atomic mass is 35.5. The van der Waals surface area contributed by atoms with E-state index in [1.807, 2.05) is 29.5 Å². The van der Waals surface area contributed by atoms with Gasteiger partial charge in [0.25, 0.3) is 0 Å². The van der Waals surface area contributed by atoms with Crippen molar-refractivity contribution in [2.75, 3.05) is 0 Å². The van der Waals surface area contributed by atoms with Crippen LogP contribution in [0.2, 0.25) is 5.15 Å². The molecule has 0 aliphatic rings. The number of aryl methyl sites for hydroxylation is 1. The molecular formula is C13H11ClN4S. The molecule has 0 saturated carbocycles. The third kappa shape index (κ3) is 2.57. The molecule has 19 heavy (non-hydrogen) atoms. The summed E-state index contributed by atoms with van der Waals surface area (Å²) in [7, 11) is 0. The second-order valence-electron chi connectivity index (χ2n) is 4.04. The van der Waals surface area contributed by atoms with Crippen molar-refractivity contribution >= 4 is 29.0 Å². The first-order chi connectivity index (χ1) is 9.24. The number of aromatic nitrogens is 4. The molecule has 2 aromatic heterocycles. The predicted octanol–water partition coefficient (Wildman–Crippen LogP) is 3.38. The first-order valence-electron chi connectivity index (χ1n) is 5.79. The van der Waals surface area contributed by atoms with Gasteiger partial charge in [-0.15, -0.1) is 22.0 Å². The molecule has 0 aliphatic carbocycles. The maximum Gasteiger partial charge on any atom is 0.165 e. The Hall–Kier alpha value is -1.59. The summed E-state index contributed by atoms with van der Waals surface area (Å²) in [6.07, 6.45) is 0. The Morgan fingerprint density at radius 1 is 1.21 bits per heavy atom. The molecule has 0 spiro atoms. The average Bonchev–Trinajstić information content (AvgIpc) is 2.81. The number of benzene rings is 1. The third-order valence-electron chi connectivity index (χ3n) is 2.71. The van der Waals surface area contributed by atoms with Crippen LogP contribution in [0.5, 0.6) is 0 Å². The van der Waals surface area contributed by atoms with Gasteiger partial charge in [0.2, 0.25) is 0 Å². The molecule has 0 aliphatic heterocycles. The molecule has 0 radical (unpaired) electrons. The highest BCUT2D eigenvalue weighted by Gasteiger charge is 2.10. The smallest absolute Gasteiger partial charge is 0.165 e. The minimum atomic E-state index is 0.444. The van der Waals surface area contributed by atoms with Gasteiger partial charge in [-0.2, -0.15) is 0 Å². The average molecular weight is 291 g/mol. The molecule has 3 aromatic rings. The normalized spacial score (nSPS) is 11.1. The van der Waals surface area contributed by atoms with Crippen LogP contribution in [0.3, 0.4) is 0 Å². The molecule has 0 atom stereocenters. The maximum absolute atomic E-state index is 5.91. The van der Waals surface area contributed by atoms with Gasteiger partial charge in [-0.05, 0) is 19.1 Å². The Balaban J connectivity index is 1.90. The summed E-state index contributed by atoms with van der Waals surface area (Å²) >= 11 is 7.63. The fourth-order valence-corrected chi connectivity index (χ4v) is 2.93. The van der Waals surface area contributed by atoms with Crippen molar-refractivity contribution in [3.05, 3.63) is 53.2 Å². The SMILES string of the molecule is Cc1nc(Cl)cc2nnc(CSc3ccccc3)n12. The van der Waals surface area contributed by atoms with Gasteiger partial charge in [0, 0.05) is 11.0 Å². The van der Waals surface area contributed by atoms with Crippen LogP contribution in [-0.4, -0.2) is 19.6 Å². The summed E-state index contributed by atoms with van der Waals surface area (Å²) in [6, 6.07) is 11.9. The van der Waals surface area contributed by atoms with Gasteiger partial charge in [0.15, 0.2) is 5.65 Å². The molecule has 0 unspecified atom stereocenters. The maximum atomic E-state index is 5.91. The van der Waals surface area contributed by atoms with Crippen molar-refractivity contribution in [2.24, 2.45) is 0 Å². The molecule has 0 N–H and O–H groups in total. The van der Waals surface area contributed by atoms with Gasteiger partial charge in [-0.1, -0.05) is 29.8 Å². The summed E-state index contributed by atoms with van der Waals surface area (Å²) in [4.78, 5) is 5.44. The van der Waals surface area contributed by atoms with Crippen LogP contribution in [0.15, 0.2) is 41.3 Å². The lowest BCUT2D eigenvalue weighted by Crippen LogP contribution is -1.99. The first kappa shape index (κ1) is 12.4. The van der Waals surface area contributed by atoms with Crippen molar-refractivity contribution < 1.29 is 0 Å². The van der Waals surface area contributed by atoms with Crippen LogP contribution in [-0.2, 0) is 5.75 Å². The first-order valence-corrected chi connectivity index (χ1v) is 7.15. The predicted molar refractivity (Wildman–Crippen MR) is 76.5 cm³/mol. The Morgan fingerprint density at radius 3 is 2.79 bits per heavy atom. The van der Waals surface area contributed by atoms with Gasteiger partial charge in [0.05, 0.1) is 5.75 Å². The van der Waals surface area contributed by atoms with E-state index in [0.29, 0.717) is 5.15 Å². The minimum absolute atomic E-state index is 0.444. The van der Waals surface area contributed by atoms with Crippen LogP contribution in [0.4, 0.5) is 0 Å². The molecule has 0 amide bonds. The highest BCUT2D eigenvalue weighted by molar-refractivity contribution is 7.98. The summed E-state index contributed by atoms with van der Waals surface area (Å²) in [5.41, 5.74) is 0.737. The number of thioether (sulfide) groups is 1. The molecule has 2 heterocycles. The van der Waals surface area contributed by atoms with Crippen LogP contribution in [0, 0.1) is 6.92 Å². The van der Waals surface area contributed by atoms with E-state index in [1.54, 1.807) is 17.8 Å². The van der Waals surface area contributed by atoms with E-state index in [4.69, 9.17) is 11.6 Å². The van der Waals surface area contributed by atoms with Gasteiger partial charge in [-0.3, -0.25) is 4.40 Å². The molecule has 6 heteroatoms. The van der Waals surface area contributed by atoms with E-state index >= 15 is 0 Å².